The maximum atomic E-state index is 8.52. The standard InChI is InChI=1S/C9H18N4O/c14-8-2-4-12-11-3-1-6-13-7-5-10-9-13/h5,7,9,11-12,14H,1-4,6,8H2. The zero-order valence-corrected chi connectivity index (χ0v) is 8.32. The first-order valence-corrected chi connectivity index (χ1v) is 4.96. The Morgan fingerprint density at radius 2 is 2.00 bits per heavy atom. The second kappa shape index (κ2) is 7.49. The van der Waals surface area contributed by atoms with Crippen LogP contribution in [0, 0.1) is 0 Å². The van der Waals surface area contributed by atoms with Gasteiger partial charge >= 0.3 is 0 Å². The van der Waals surface area contributed by atoms with E-state index in [0.717, 1.165) is 32.5 Å². The highest BCUT2D eigenvalue weighted by Gasteiger charge is 1.90. The molecule has 0 aliphatic heterocycles. The summed E-state index contributed by atoms with van der Waals surface area (Å²) in [5.74, 6) is 0. The predicted molar refractivity (Wildman–Crippen MR) is 54.6 cm³/mol. The van der Waals surface area contributed by atoms with Crippen molar-refractivity contribution in [2.24, 2.45) is 0 Å². The Bertz CT molecular complexity index is 213. The molecule has 3 N–H and O–H groups in total. The second-order valence-electron chi connectivity index (χ2n) is 3.08. The van der Waals surface area contributed by atoms with Crippen molar-refractivity contribution >= 4 is 0 Å². The number of aliphatic hydroxyl groups excluding tert-OH is 1. The van der Waals surface area contributed by atoms with E-state index >= 15 is 0 Å². The molecule has 0 aliphatic rings. The maximum Gasteiger partial charge on any atom is 0.0945 e. The minimum atomic E-state index is 0.240. The molecule has 0 aliphatic carbocycles. The minimum Gasteiger partial charge on any atom is -0.396 e. The second-order valence-corrected chi connectivity index (χ2v) is 3.08. The Morgan fingerprint density at radius 3 is 2.64 bits per heavy atom. The molecule has 14 heavy (non-hydrogen) atoms. The van der Waals surface area contributed by atoms with E-state index in [-0.39, 0.29) is 6.61 Å². The van der Waals surface area contributed by atoms with E-state index in [2.05, 4.69) is 20.4 Å². The first kappa shape index (κ1) is 11.2. The van der Waals surface area contributed by atoms with Gasteiger partial charge in [-0.2, -0.15) is 0 Å². The van der Waals surface area contributed by atoms with Gasteiger partial charge in [-0.25, -0.2) is 4.98 Å². The molecular formula is C9H18N4O. The van der Waals surface area contributed by atoms with Crippen molar-refractivity contribution in [3.05, 3.63) is 18.7 Å². The molecule has 1 rings (SSSR count). The number of nitrogens with one attached hydrogen (secondary N) is 2. The molecule has 0 bridgehead atoms. The predicted octanol–water partition coefficient (Wildman–Crippen LogP) is -0.250. The molecule has 5 heteroatoms. The molecule has 0 saturated carbocycles. The SMILES string of the molecule is OCCCNNCCCn1ccnc1. The number of aliphatic hydroxyl groups is 1. The Kier molecular flexibility index (Phi) is 5.97. The first-order valence-electron chi connectivity index (χ1n) is 4.96. The van der Waals surface area contributed by atoms with Crippen molar-refractivity contribution in [2.75, 3.05) is 19.7 Å². The molecule has 1 aromatic rings. The van der Waals surface area contributed by atoms with Crippen LogP contribution in [0.2, 0.25) is 0 Å². The number of hydrazine groups is 1. The van der Waals surface area contributed by atoms with Gasteiger partial charge < -0.3 is 9.67 Å². The fourth-order valence-electron chi connectivity index (χ4n) is 1.11. The quantitative estimate of drug-likeness (QED) is 0.398. The molecule has 0 atom stereocenters. The van der Waals surface area contributed by atoms with Crippen LogP contribution in [0.1, 0.15) is 12.8 Å². The summed E-state index contributed by atoms with van der Waals surface area (Å²) in [5.41, 5.74) is 6.12. The Morgan fingerprint density at radius 1 is 1.21 bits per heavy atom. The fraction of sp³-hybridized carbons (Fsp3) is 0.667. The van der Waals surface area contributed by atoms with Crippen molar-refractivity contribution in [2.45, 2.75) is 19.4 Å². The lowest BCUT2D eigenvalue weighted by Crippen LogP contribution is -2.34. The van der Waals surface area contributed by atoms with Gasteiger partial charge in [-0.3, -0.25) is 10.9 Å². The van der Waals surface area contributed by atoms with Gasteiger partial charge in [-0.05, 0) is 12.8 Å². The average molecular weight is 198 g/mol. The van der Waals surface area contributed by atoms with Crippen molar-refractivity contribution < 1.29 is 5.11 Å². The molecule has 1 heterocycles. The molecule has 80 valence electrons. The van der Waals surface area contributed by atoms with Crippen molar-refractivity contribution in [1.82, 2.24) is 20.4 Å². The zero-order valence-electron chi connectivity index (χ0n) is 8.32. The Hall–Kier alpha value is -0.910. The lowest BCUT2D eigenvalue weighted by atomic mass is 10.4. The third-order valence-corrected chi connectivity index (χ3v) is 1.86. The van der Waals surface area contributed by atoms with Crippen LogP contribution >= 0.6 is 0 Å². The maximum absolute atomic E-state index is 8.52. The molecule has 0 amide bonds. The fourth-order valence-corrected chi connectivity index (χ4v) is 1.11. The van der Waals surface area contributed by atoms with E-state index in [1.807, 2.05) is 12.5 Å². The first-order chi connectivity index (χ1) is 6.93. The zero-order chi connectivity index (χ0) is 10.1. The van der Waals surface area contributed by atoms with Gasteiger partial charge in [0.25, 0.3) is 0 Å². The number of aryl methyl sites for hydroxylation is 1. The summed E-state index contributed by atoms with van der Waals surface area (Å²) in [4.78, 5) is 3.96. The summed E-state index contributed by atoms with van der Waals surface area (Å²) in [6, 6.07) is 0. The smallest absolute Gasteiger partial charge is 0.0945 e. The van der Waals surface area contributed by atoms with Gasteiger partial charge in [0.15, 0.2) is 0 Å². The molecule has 1 aromatic heterocycles. The number of hydrogen-bond donors (Lipinski definition) is 3. The summed E-state index contributed by atoms with van der Waals surface area (Å²) in [7, 11) is 0. The van der Waals surface area contributed by atoms with Gasteiger partial charge in [0.2, 0.25) is 0 Å². The summed E-state index contributed by atoms with van der Waals surface area (Å²) in [6.45, 7) is 2.95. The topological polar surface area (TPSA) is 62.1 Å². The van der Waals surface area contributed by atoms with E-state index in [9.17, 15) is 0 Å². The van der Waals surface area contributed by atoms with Crippen LogP contribution in [0.3, 0.4) is 0 Å². The molecule has 0 fully saturated rings. The highest BCUT2D eigenvalue weighted by atomic mass is 16.3. The van der Waals surface area contributed by atoms with E-state index in [1.165, 1.54) is 0 Å². The molecular weight excluding hydrogens is 180 g/mol. The van der Waals surface area contributed by atoms with Crippen molar-refractivity contribution in [3.8, 4) is 0 Å². The third kappa shape index (κ3) is 4.96. The lowest BCUT2D eigenvalue weighted by Gasteiger charge is -2.06. The highest BCUT2D eigenvalue weighted by molar-refractivity contribution is 4.73. The highest BCUT2D eigenvalue weighted by Crippen LogP contribution is 1.88. The Labute approximate surface area is 84.1 Å². The van der Waals surface area contributed by atoms with E-state index in [0.29, 0.717) is 0 Å². The molecule has 0 unspecified atom stereocenters. The van der Waals surface area contributed by atoms with Crippen LogP contribution in [0.25, 0.3) is 0 Å². The monoisotopic (exact) mass is 198 g/mol. The molecule has 0 radical (unpaired) electrons. The van der Waals surface area contributed by atoms with Gasteiger partial charge in [0.1, 0.15) is 0 Å². The largest absolute Gasteiger partial charge is 0.396 e. The van der Waals surface area contributed by atoms with Gasteiger partial charge in [0, 0.05) is 38.6 Å². The number of nitrogens with zero attached hydrogens (tertiary/aromatic N) is 2. The summed E-state index contributed by atoms with van der Waals surface area (Å²) >= 11 is 0. The summed E-state index contributed by atoms with van der Waals surface area (Å²) in [6.07, 6.45) is 7.41. The van der Waals surface area contributed by atoms with Crippen LogP contribution in [-0.2, 0) is 6.54 Å². The van der Waals surface area contributed by atoms with Crippen LogP contribution in [0.15, 0.2) is 18.7 Å². The van der Waals surface area contributed by atoms with Crippen LogP contribution < -0.4 is 10.9 Å². The number of imidazole rings is 1. The van der Waals surface area contributed by atoms with E-state index in [1.54, 1.807) is 6.20 Å². The van der Waals surface area contributed by atoms with E-state index < -0.39 is 0 Å². The van der Waals surface area contributed by atoms with Gasteiger partial charge in [0.05, 0.1) is 6.33 Å². The van der Waals surface area contributed by atoms with E-state index in [4.69, 9.17) is 5.11 Å². The Balaban J connectivity index is 1.85. The molecule has 0 spiro atoms. The van der Waals surface area contributed by atoms with Crippen molar-refractivity contribution in [3.63, 3.8) is 0 Å². The van der Waals surface area contributed by atoms with Gasteiger partial charge in [-0.15, -0.1) is 0 Å². The van der Waals surface area contributed by atoms with Gasteiger partial charge in [-0.1, -0.05) is 0 Å². The summed E-state index contributed by atoms with van der Waals surface area (Å²) in [5, 5.41) is 8.52. The van der Waals surface area contributed by atoms with Crippen LogP contribution in [0.5, 0.6) is 0 Å². The lowest BCUT2D eigenvalue weighted by molar-refractivity contribution is 0.282. The number of hydrogen-bond acceptors (Lipinski definition) is 4. The normalized spacial score (nSPS) is 10.6. The number of rotatable bonds is 8. The molecule has 5 nitrogen and oxygen atoms in total. The van der Waals surface area contributed by atoms with Crippen LogP contribution in [-0.4, -0.2) is 34.4 Å². The third-order valence-electron chi connectivity index (χ3n) is 1.86. The minimum absolute atomic E-state index is 0.240. The van der Waals surface area contributed by atoms with Crippen molar-refractivity contribution in [1.29, 1.82) is 0 Å². The average Bonchev–Trinajstić information content (AvgIpc) is 2.69. The molecule has 0 saturated heterocycles. The number of aromatic nitrogens is 2. The van der Waals surface area contributed by atoms with Crippen LogP contribution in [0.4, 0.5) is 0 Å². The molecule has 0 aromatic carbocycles. The summed E-state index contributed by atoms with van der Waals surface area (Å²) < 4.78 is 2.05.